The third kappa shape index (κ3) is 3.41. The molecule has 1 heterocycles. The Morgan fingerprint density at radius 1 is 1.44 bits per heavy atom. The topological polar surface area (TPSA) is 12.0 Å². The molecule has 1 unspecified atom stereocenters. The molecule has 0 aromatic heterocycles. The van der Waals surface area contributed by atoms with E-state index in [9.17, 15) is 4.39 Å². The lowest BCUT2D eigenvalue weighted by atomic mass is 9.87. The van der Waals surface area contributed by atoms with Crippen molar-refractivity contribution in [1.82, 2.24) is 0 Å². The maximum atomic E-state index is 13.6. The number of anilines is 1. The quantitative estimate of drug-likeness (QED) is 0.832. The summed E-state index contributed by atoms with van der Waals surface area (Å²) < 4.78 is 14.1. The Morgan fingerprint density at radius 3 is 2.83 bits per heavy atom. The maximum absolute atomic E-state index is 13.6. The van der Waals surface area contributed by atoms with Gasteiger partial charge in [-0.05, 0) is 58.1 Å². The largest absolute Gasteiger partial charge is 0.381 e. The molecule has 1 aliphatic rings. The van der Waals surface area contributed by atoms with Gasteiger partial charge < -0.3 is 5.32 Å². The van der Waals surface area contributed by atoms with Crippen LogP contribution < -0.4 is 5.32 Å². The lowest BCUT2D eigenvalue weighted by Gasteiger charge is -2.35. The minimum Gasteiger partial charge on any atom is -0.381 e. The van der Waals surface area contributed by atoms with Crippen LogP contribution in [0.1, 0.15) is 25.8 Å². The van der Waals surface area contributed by atoms with Gasteiger partial charge in [0.05, 0.1) is 4.47 Å². The molecule has 100 valence electrons. The number of hydrogen-bond donors (Lipinski definition) is 1. The van der Waals surface area contributed by atoms with Crippen molar-refractivity contribution in [3.63, 3.8) is 0 Å². The standard InChI is InChI=1S/C14H19BrFNS/c1-9-4-11(15)12(16)5-13(9)17-10-6-14(2,3)8-18-7-10/h4-5,10,17H,6-8H2,1-3H3. The van der Waals surface area contributed by atoms with Gasteiger partial charge in [-0.2, -0.15) is 11.8 Å². The first-order valence-electron chi connectivity index (χ1n) is 6.17. The van der Waals surface area contributed by atoms with Gasteiger partial charge in [0, 0.05) is 17.5 Å². The fourth-order valence-corrected chi connectivity index (χ4v) is 4.11. The Morgan fingerprint density at radius 2 is 2.17 bits per heavy atom. The highest BCUT2D eigenvalue weighted by Gasteiger charge is 2.28. The van der Waals surface area contributed by atoms with E-state index in [1.54, 1.807) is 6.07 Å². The molecule has 0 aliphatic carbocycles. The van der Waals surface area contributed by atoms with Crippen LogP contribution in [0.4, 0.5) is 10.1 Å². The molecule has 0 radical (unpaired) electrons. The minimum absolute atomic E-state index is 0.203. The molecular formula is C14H19BrFNS. The normalized spacial score (nSPS) is 22.8. The second-order valence-corrected chi connectivity index (χ2v) is 7.69. The lowest BCUT2D eigenvalue weighted by molar-refractivity contribution is 0.358. The second-order valence-electron chi connectivity index (χ2n) is 5.81. The first-order valence-corrected chi connectivity index (χ1v) is 8.12. The average Bonchev–Trinajstić information content (AvgIpc) is 2.24. The van der Waals surface area contributed by atoms with Crippen LogP contribution in [0, 0.1) is 18.2 Å². The zero-order chi connectivity index (χ0) is 13.3. The third-order valence-electron chi connectivity index (χ3n) is 3.24. The predicted molar refractivity (Wildman–Crippen MR) is 82.0 cm³/mol. The van der Waals surface area contributed by atoms with Crippen LogP contribution in [0.2, 0.25) is 0 Å². The van der Waals surface area contributed by atoms with Gasteiger partial charge >= 0.3 is 0 Å². The third-order valence-corrected chi connectivity index (χ3v) is 5.47. The summed E-state index contributed by atoms with van der Waals surface area (Å²) >= 11 is 5.19. The van der Waals surface area contributed by atoms with Gasteiger partial charge in [-0.15, -0.1) is 0 Å². The van der Waals surface area contributed by atoms with Crippen molar-refractivity contribution < 1.29 is 4.39 Å². The zero-order valence-electron chi connectivity index (χ0n) is 11.0. The van der Waals surface area contributed by atoms with Crippen molar-refractivity contribution in [3.05, 3.63) is 28.0 Å². The molecule has 1 fully saturated rings. The monoisotopic (exact) mass is 331 g/mol. The predicted octanol–water partition coefficient (Wildman–Crippen LogP) is 4.84. The number of rotatable bonds is 2. The van der Waals surface area contributed by atoms with Crippen LogP contribution in [0.3, 0.4) is 0 Å². The number of thioether (sulfide) groups is 1. The van der Waals surface area contributed by atoms with E-state index >= 15 is 0 Å². The molecule has 1 N–H and O–H groups in total. The van der Waals surface area contributed by atoms with E-state index < -0.39 is 0 Å². The van der Waals surface area contributed by atoms with E-state index in [0.29, 0.717) is 15.9 Å². The summed E-state index contributed by atoms with van der Waals surface area (Å²) in [4.78, 5) is 0. The van der Waals surface area contributed by atoms with Crippen molar-refractivity contribution in [2.24, 2.45) is 5.41 Å². The molecule has 1 aromatic rings. The van der Waals surface area contributed by atoms with E-state index in [2.05, 4.69) is 35.1 Å². The van der Waals surface area contributed by atoms with Crippen molar-refractivity contribution in [3.8, 4) is 0 Å². The van der Waals surface area contributed by atoms with Gasteiger partial charge in [0.2, 0.25) is 0 Å². The smallest absolute Gasteiger partial charge is 0.139 e. The number of benzene rings is 1. The van der Waals surface area contributed by atoms with Crippen molar-refractivity contribution in [2.75, 3.05) is 16.8 Å². The summed E-state index contributed by atoms with van der Waals surface area (Å²) in [6.07, 6.45) is 1.14. The lowest BCUT2D eigenvalue weighted by Crippen LogP contribution is -2.35. The average molecular weight is 332 g/mol. The summed E-state index contributed by atoms with van der Waals surface area (Å²) in [7, 11) is 0. The SMILES string of the molecule is Cc1cc(Br)c(F)cc1NC1CSCC(C)(C)C1. The molecule has 18 heavy (non-hydrogen) atoms. The minimum atomic E-state index is -0.203. The molecule has 0 amide bonds. The first-order chi connectivity index (χ1) is 8.37. The molecule has 0 spiro atoms. The summed E-state index contributed by atoms with van der Waals surface area (Å²) in [6.45, 7) is 6.60. The van der Waals surface area contributed by atoms with Crippen LogP contribution in [-0.2, 0) is 0 Å². The van der Waals surface area contributed by atoms with E-state index in [1.807, 2.05) is 24.8 Å². The number of hydrogen-bond acceptors (Lipinski definition) is 2. The summed E-state index contributed by atoms with van der Waals surface area (Å²) in [5.74, 6) is 2.10. The summed E-state index contributed by atoms with van der Waals surface area (Å²) in [5, 5.41) is 3.49. The van der Waals surface area contributed by atoms with Crippen LogP contribution in [0.25, 0.3) is 0 Å². The Labute approximate surface area is 121 Å². The van der Waals surface area contributed by atoms with Gasteiger partial charge in [0.25, 0.3) is 0 Å². The molecule has 0 saturated carbocycles. The van der Waals surface area contributed by atoms with Gasteiger partial charge in [-0.3, -0.25) is 0 Å². The fraction of sp³-hybridized carbons (Fsp3) is 0.571. The van der Waals surface area contributed by atoms with Crippen LogP contribution in [0.15, 0.2) is 16.6 Å². The number of aryl methyl sites for hydroxylation is 1. The highest BCUT2D eigenvalue weighted by Crippen LogP contribution is 2.35. The summed E-state index contributed by atoms with van der Waals surface area (Å²) in [5.41, 5.74) is 2.36. The molecule has 1 saturated heterocycles. The molecular weight excluding hydrogens is 313 g/mol. The Hall–Kier alpha value is -0.220. The fourth-order valence-electron chi connectivity index (χ4n) is 2.38. The van der Waals surface area contributed by atoms with Crippen molar-refractivity contribution in [1.29, 1.82) is 0 Å². The van der Waals surface area contributed by atoms with Gasteiger partial charge in [0.1, 0.15) is 5.82 Å². The Kier molecular flexibility index (Phi) is 4.27. The molecule has 1 nitrogen and oxygen atoms in total. The second kappa shape index (κ2) is 5.41. The molecule has 1 aromatic carbocycles. The molecule has 2 rings (SSSR count). The zero-order valence-corrected chi connectivity index (χ0v) is 13.4. The van der Waals surface area contributed by atoms with Gasteiger partial charge in [-0.25, -0.2) is 4.39 Å². The van der Waals surface area contributed by atoms with Crippen LogP contribution in [0.5, 0.6) is 0 Å². The number of nitrogens with one attached hydrogen (secondary N) is 1. The molecule has 1 aliphatic heterocycles. The summed E-state index contributed by atoms with van der Waals surface area (Å²) in [6, 6.07) is 3.85. The molecule has 4 heteroatoms. The van der Waals surface area contributed by atoms with E-state index in [-0.39, 0.29) is 5.82 Å². The van der Waals surface area contributed by atoms with Crippen molar-refractivity contribution >= 4 is 33.4 Å². The highest BCUT2D eigenvalue weighted by molar-refractivity contribution is 9.10. The van der Waals surface area contributed by atoms with Gasteiger partial charge in [0.15, 0.2) is 0 Å². The van der Waals surface area contributed by atoms with Crippen molar-refractivity contribution in [2.45, 2.75) is 33.2 Å². The van der Waals surface area contributed by atoms with E-state index in [1.165, 1.54) is 5.75 Å². The molecule has 0 bridgehead atoms. The van der Waals surface area contributed by atoms with Crippen LogP contribution in [-0.4, -0.2) is 17.5 Å². The first kappa shape index (κ1) is 14.2. The van der Waals surface area contributed by atoms with Crippen LogP contribution >= 0.6 is 27.7 Å². The van der Waals surface area contributed by atoms with Gasteiger partial charge in [-0.1, -0.05) is 13.8 Å². The highest BCUT2D eigenvalue weighted by atomic mass is 79.9. The number of halogens is 2. The molecule has 1 atom stereocenters. The van der Waals surface area contributed by atoms with E-state index in [0.717, 1.165) is 23.4 Å². The maximum Gasteiger partial charge on any atom is 0.139 e. The van der Waals surface area contributed by atoms with E-state index in [4.69, 9.17) is 0 Å². The Balaban J connectivity index is 2.12. The Bertz CT molecular complexity index is 448.